The molecule has 0 saturated heterocycles. The lowest BCUT2D eigenvalue weighted by atomic mass is 10.0. The van der Waals surface area contributed by atoms with Crippen LogP contribution in [0.5, 0.6) is 0 Å². The van der Waals surface area contributed by atoms with Crippen molar-refractivity contribution in [1.29, 1.82) is 0 Å². The highest BCUT2D eigenvalue weighted by molar-refractivity contribution is 7.89. The summed E-state index contributed by atoms with van der Waals surface area (Å²) in [5.41, 5.74) is 3.93. The van der Waals surface area contributed by atoms with Crippen molar-refractivity contribution in [1.82, 2.24) is 4.31 Å². The van der Waals surface area contributed by atoms with Crippen molar-refractivity contribution >= 4 is 35.2 Å². The average molecular weight is 552 g/mol. The molecule has 0 fully saturated rings. The molecule has 9 heteroatoms. The maximum Gasteiger partial charge on any atom is 0.314 e. The largest absolute Gasteiger partial charge is 0.437 e. The minimum atomic E-state index is -3.59. The third-order valence-electron chi connectivity index (χ3n) is 5.64. The van der Waals surface area contributed by atoms with Crippen LogP contribution in [-0.2, 0) is 24.7 Å². The van der Waals surface area contributed by atoms with Crippen LogP contribution in [0.3, 0.4) is 0 Å². The van der Waals surface area contributed by atoms with Crippen molar-refractivity contribution in [2.75, 3.05) is 13.1 Å². The topological polar surface area (TPSA) is 55.8 Å². The van der Waals surface area contributed by atoms with E-state index in [-0.39, 0.29) is 0 Å². The van der Waals surface area contributed by atoms with Crippen LogP contribution in [-0.4, -0.2) is 51.0 Å². The minimum Gasteiger partial charge on any atom is -0.437 e. The maximum absolute atomic E-state index is 13.5. The van der Waals surface area contributed by atoms with Gasteiger partial charge in [0, 0.05) is 18.7 Å². The summed E-state index contributed by atoms with van der Waals surface area (Å²) in [5, 5.41) is 0. The number of aryl methyl sites for hydroxylation is 2. The predicted octanol–water partition coefficient (Wildman–Crippen LogP) is 7.01. The van der Waals surface area contributed by atoms with E-state index in [1.54, 1.807) is 6.07 Å². The quantitative estimate of drug-likeness (QED) is 0.266. The molecule has 0 radical (unpaired) electrons. The lowest BCUT2D eigenvalue weighted by Crippen LogP contribution is -2.52. The van der Waals surface area contributed by atoms with E-state index in [9.17, 15) is 8.42 Å². The average Bonchev–Trinajstić information content (AvgIpc) is 2.70. The highest BCUT2D eigenvalue weighted by atomic mass is 32.2. The molecule has 2 rings (SSSR count). The first-order valence-corrected chi connectivity index (χ1v) is 23.4. The first-order valence-electron chi connectivity index (χ1n) is 12.6. The molecule has 0 spiro atoms. The number of rotatable bonds is 12. The van der Waals surface area contributed by atoms with Crippen molar-refractivity contribution < 1.29 is 16.6 Å². The Morgan fingerprint density at radius 2 is 1.31 bits per heavy atom. The van der Waals surface area contributed by atoms with Crippen LogP contribution in [0, 0.1) is 6.92 Å². The van der Waals surface area contributed by atoms with E-state index < -0.39 is 35.2 Å². The van der Waals surface area contributed by atoms with Crippen LogP contribution in [0.15, 0.2) is 47.4 Å². The molecule has 0 amide bonds. The van der Waals surface area contributed by atoms with Crippen molar-refractivity contribution in [3.8, 4) is 11.1 Å². The molecule has 0 heterocycles. The first kappa shape index (κ1) is 30.1. The van der Waals surface area contributed by atoms with Crippen LogP contribution in [0.2, 0.25) is 51.9 Å². The van der Waals surface area contributed by atoms with Crippen molar-refractivity contribution in [2.24, 2.45) is 0 Å². The van der Waals surface area contributed by atoms with E-state index in [0.29, 0.717) is 18.0 Å². The van der Waals surface area contributed by atoms with Gasteiger partial charge in [-0.3, -0.25) is 0 Å². The Hall–Kier alpha value is -1.08. The molecule has 2 aromatic rings. The zero-order valence-corrected chi connectivity index (χ0v) is 27.2. The second-order valence-electron chi connectivity index (χ2n) is 11.3. The Balaban J connectivity index is 2.51. The van der Waals surface area contributed by atoms with Crippen LogP contribution < -0.4 is 0 Å². The van der Waals surface area contributed by atoms with Gasteiger partial charge < -0.3 is 8.23 Å². The lowest BCUT2D eigenvalue weighted by molar-refractivity contribution is 0.383. The highest BCUT2D eigenvalue weighted by Crippen LogP contribution is 2.33. The molecule has 0 bridgehead atoms. The Bertz CT molecular complexity index is 1070. The van der Waals surface area contributed by atoms with Gasteiger partial charge >= 0.3 is 8.56 Å². The number of nitrogens with zero attached hydrogens (tertiary/aromatic N) is 1. The number of sulfonamides is 1. The Labute approximate surface area is 217 Å². The van der Waals surface area contributed by atoms with Gasteiger partial charge in [0.25, 0.3) is 0 Å². The van der Waals surface area contributed by atoms with Crippen molar-refractivity contribution in [3.63, 3.8) is 0 Å². The first-order chi connectivity index (χ1) is 16.0. The fraction of sp³-hybridized carbons (Fsp3) is 0.538. The second-order valence-corrected chi connectivity index (χ2v) is 26.1. The zero-order chi connectivity index (χ0) is 26.7. The predicted molar refractivity (Wildman–Crippen MR) is 156 cm³/mol. The van der Waals surface area contributed by atoms with Gasteiger partial charge in [0.15, 0.2) is 16.6 Å². The smallest absolute Gasteiger partial charge is 0.314 e. The van der Waals surface area contributed by atoms with Gasteiger partial charge in [0.05, 0.1) is 4.90 Å². The zero-order valence-electron chi connectivity index (χ0n) is 23.4. The molecule has 35 heavy (non-hydrogen) atoms. The molecule has 0 unspecified atom stereocenters. The van der Waals surface area contributed by atoms with E-state index in [4.69, 9.17) is 8.23 Å². The van der Waals surface area contributed by atoms with E-state index in [2.05, 4.69) is 51.9 Å². The standard InChI is InChI=1S/C26H45NO4SSi3/c1-11-27(12-2)32(28,29)26-18-15-23(21-25(26)24-16-13-22(3)14-17-24)19-20-35(10,30-33(4,5)6)31-34(7,8)9/h13-18,21H,11-12,19-20H2,1-10H3. The molecule has 0 aliphatic rings. The summed E-state index contributed by atoms with van der Waals surface area (Å²) in [4.78, 5) is 0.366. The number of hydrogen-bond donors (Lipinski definition) is 0. The van der Waals surface area contributed by atoms with E-state index in [1.165, 1.54) is 4.31 Å². The van der Waals surface area contributed by atoms with Gasteiger partial charge in [0.1, 0.15) is 0 Å². The van der Waals surface area contributed by atoms with Gasteiger partial charge in [-0.2, -0.15) is 4.31 Å². The molecule has 196 valence electrons. The number of benzene rings is 2. The summed E-state index contributed by atoms with van der Waals surface area (Å²) in [6.45, 7) is 22.2. The fourth-order valence-corrected chi connectivity index (χ4v) is 18.5. The monoisotopic (exact) mass is 551 g/mol. The molecule has 0 aliphatic heterocycles. The Morgan fingerprint density at radius 1 is 0.800 bits per heavy atom. The highest BCUT2D eigenvalue weighted by Gasteiger charge is 2.40. The molecule has 0 atom stereocenters. The van der Waals surface area contributed by atoms with E-state index in [0.717, 1.165) is 34.7 Å². The molecule has 0 saturated carbocycles. The van der Waals surface area contributed by atoms with Crippen molar-refractivity contribution in [2.45, 2.75) is 84.0 Å². The van der Waals surface area contributed by atoms with Gasteiger partial charge in [-0.15, -0.1) is 0 Å². The normalized spacial score (nSPS) is 13.5. The molecule has 0 aromatic heterocycles. The van der Waals surface area contributed by atoms with Crippen LogP contribution >= 0.6 is 0 Å². The summed E-state index contributed by atoms with van der Waals surface area (Å²) in [6.07, 6.45) is 0.794. The third kappa shape index (κ3) is 8.77. The van der Waals surface area contributed by atoms with E-state index >= 15 is 0 Å². The second kappa shape index (κ2) is 11.5. The van der Waals surface area contributed by atoms with Crippen LogP contribution in [0.1, 0.15) is 25.0 Å². The van der Waals surface area contributed by atoms with Gasteiger partial charge in [-0.1, -0.05) is 49.7 Å². The van der Waals surface area contributed by atoms with Gasteiger partial charge in [0.2, 0.25) is 10.0 Å². The summed E-state index contributed by atoms with van der Waals surface area (Å²) in [6, 6.07) is 14.7. The van der Waals surface area contributed by atoms with Gasteiger partial charge in [-0.25, -0.2) is 8.42 Å². The SMILES string of the molecule is CCN(CC)S(=O)(=O)c1ccc(CC[Si](C)(O[Si](C)(C)C)O[Si](C)(C)C)cc1-c1ccc(C)cc1. The maximum atomic E-state index is 13.5. The third-order valence-corrected chi connectivity index (χ3v) is 17.3. The Kier molecular flexibility index (Phi) is 9.94. The van der Waals surface area contributed by atoms with Gasteiger partial charge in [-0.05, 0) is 88.5 Å². The lowest BCUT2D eigenvalue weighted by Gasteiger charge is -2.38. The Morgan fingerprint density at radius 3 is 1.77 bits per heavy atom. The number of hydrogen-bond acceptors (Lipinski definition) is 4. The summed E-state index contributed by atoms with van der Waals surface area (Å²) in [7, 11) is -9.55. The van der Waals surface area contributed by atoms with E-state index in [1.807, 2.05) is 51.1 Å². The molecular weight excluding hydrogens is 507 g/mol. The van der Waals surface area contributed by atoms with Crippen LogP contribution in [0.25, 0.3) is 11.1 Å². The molecule has 5 nitrogen and oxygen atoms in total. The summed E-state index contributed by atoms with van der Waals surface area (Å²) < 4.78 is 41.9. The fourth-order valence-electron chi connectivity index (χ4n) is 4.41. The minimum absolute atomic E-state index is 0.366. The molecule has 0 N–H and O–H groups in total. The molecule has 0 aliphatic carbocycles. The van der Waals surface area contributed by atoms with Crippen molar-refractivity contribution in [3.05, 3.63) is 53.6 Å². The summed E-state index contributed by atoms with van der Waals surface area (Å²) >= 11 is 0. The molecular formula is C26H45NO4SSi3. The van der Waals surface area contributed by atoms with Crippen LogP contribution in [0.4, 0.5) is 0 Å². The summed E-state index contributed by atoms with van der Waals surface area (Å²) in [5.74, 6) is 0. The molecule has 2 aromatic carbocycles.